The number of carbonyl (C=O) groups excluding carboxylic acids is 3. The van der Waals surface area contributed by atoms with Crippen molar-refractivity contribution >= 4 is 64.3 Å². The summed E-state index contributed by atoms with van der Waals surface area (Å²) >= 11 is 13.8. The highest BCUT2D eigenvalue weighted by molar-refractivity contribution is 8.00. The summed E-state index contributed by atoms with van der Waals surface area (Å²) in [6.07, 6.45) is 1.47. The number of amides is 2. The first-order chi connectivity index (χ1) is 18.4. The van der Waals surface area contributed by atoms with Gasteiger partial charge < -0.3 is 10.6 Å². The van der Waals surface area contributed by atoms with Crippen LogP contribution >= 0.6 is 35.0 Å². The predicted molar refractivity (Wildman–Crippen MR) is 155 cm³/mol. The Morgan fingerprint density at radius 1 is 0.763 bits per heavy atom. The minimum Gasteiger partial charge on any atom is -0.321 e. The molecule has 0 spiro atoms. The van der Waals surface area contributed by atoms with Crippen LogP contribution in [0.1, 0.15) is 26.3 Å². The van der Waals surface area contributed by atoms with E-state index in [0.717, 1.165) is 4.90 Å². The molecule has 2 N–H and O–H groups in total. The first-order valence-corrected chi connectivity index (χ1v) is 13.3. The van der Waals surface area contributed by atoms with Crippen molar-refractivity contribution < 1.29 is 14.4 Å². The number of carbonyl (C=O) groups is 3. The van der Waals surface area contributed by atoms with E-state index in [2.05, 4.69) is 10.6 Å². The Morgan fingerprint density at radius 2 is 1.42 bits per heavy atom. The lowest BCUT2D eigenvalue weighted by atomic mass is 10.1. The molecular formula is C30H22Cl2N2O3S. The number of benzene rings is 4. The van der Waals surface area contributed by atoms with Gasteiger partial charge in [0, 0.05) is 21.7 Å². The zero-order valence-corrected chi connectivity index (χ0v) is 22.3. The molecule has 190 valence electrons. The SMILES string of the molecule is O=C(Nc1cccc(SCC(=O)c2ccccc2)c1)/C(=C/c1cccc(Cl)c1Cl)NC(=O)c1ccccc1. The highest BCUT2D eigenvalue weighted by Gasteiger charge is 2.16. The molecule has 5 nitrogen and oxygen atoms in total. The highest BCUT2D eigenvalue weighted by Crippen LogP contribution is 2.28. The molecule has 0 aliphatic heterocycles. The molecule has 0 bridgehead atoms. The van der Waals surface area contributed by atoms with Crippen LogP contribution in [0.4, 0.5) is 5.69 Å². The van der Waals surface area contributed by atoms with Gasteiger partial charge in [0.25, 0.3) is 11.8 Å². The predicted octanol–water partition coefficient (Wildman–Crippen LogP) is 7.38. The molecule has 0 aliphatic carbocycles. The molecule has 4 aromatic rings. The fourth-order valence-corrected chi connectivity index (χ4v) is 4.66. The number of anilines is 1. The summed E-state index contributed by atoms with van der Waals surface area (Å²) in [5, 5.41) is 6.08. The molecular weight excluding hydrogens is 539 g/mol. The molecule has 38 heavy (non-hydrogen) atoms. The average molecular weight is 561 g/mol. The lowest BCUT2D eigenvalue weighted by Gasteiger charge is -2.13. The highest BCUT2D eigenvalue weighted by atomic mass is 35.5. The zero-order valence-electron chi connectivity index (χ0n) is 20.0. The van der Waals surface area contributed by atoms with Gasteiger partial charge in [0.2, 0.25) is 0 Å². The van der Waals surface area contributed by atoms with E-state index in [4.69, 9.17) is 23.2 Å². The summed E-state index contributed by atoms with van der Waals surface area (Å²) in [4.78, 5) is 39.4. The van der Waals surface area contributed by atoms with Crippen LogP contribution in [0.25, 0.3) is 6.08 Å². The fourth-order valence-electron chi connectivity index (χ4n) is 3.45. The van der Waals surface area contributed by atoms with Crippen LogP contribution in [0.15, 0.2) is 114 Å². The molecule has 0 saturated heterocycles. The maximum Gasteiger partial charge on any atom is 0.272 e. The Bertz CT molecular complexity index is 1490. The number of rotatable bonds is 9. The molecule has 0 aromatic heterocycles. The van der Waals surface area contributed by atoms with E-state index in [9.17, 15) is 14.4 Å². The van der Waals surface area contributed by atoms with Crippen LogP contribution in [-0.4, -0.2) is 23.4 Å². The van der Waals surface area contributed by atoms with Gasteiger partial charge in [0.05, 0.1) is 15.8 Å². The third kappa shape index (κ3) is 7.35. The first kappa shape index (κ1) is 27.2. The van der Waals surface area contributed by atoms with Gasteiger partial charge in [-0.2, -0.15) is 0 Å². The maximum atomic E-state index is 13.3. The van der Waals surface area contributed by atoms with E-state index < -0.39 is 11.8 Å². The molecule has 2 amide bonds. The van der Waals surface area contributed by atoms with Crippen LogP contribution < -0.4 is 10.6 Å². The van der Waals surface area contributed by atoms with Crippen LogP contribution in [0.3, 0.4) is 0 Å². The molecule has 4 rings (SSSR count). The third-order valence-electron chi connectivity index (χ3n) is 5.37. The molecule has 0 atom stereocenters. The molecule has 4 aromatic carbocycles. The third-order valence-corrected chi connectivity index (χ3v) is 7.20. The van der Waals surface area contributed by atoms with Gasteiger partial charge in [-0.15, -0.1) is 11.8 Å². The largest absolute Gasteiger partial charge is 0.321 e. The van der Waals surface area contributed by atoms with E-state index in [0.29, 0.717) is 27.4 Å². The second-order valence-electron chi connectivity index (χ2n) is 8.08. The first-order valence-electron chi connectivity index (χ1n) is 11.6. The van der Waals surface area contributed by atoms with Crippen molar-refractivity contribution in [3.05, 3.63) is 136 Å². The molecule has 8 heteroatoms. The summed E-state index contributed by atoms with van der Waals surface area (Å²) in [6, 6.07) is 29.8. The Hall–Kier alpha value is -3.84. The van der Waals surface area contributed by atoms with Crippen molar-refractivity contribution in [3.8, 4) is 0 Å². The van der Waals surface area contributed by atoms with Gasteiger partial charge in [-0.25, -0.2) is 0 Å². The van der Waals surface area contributed by atoms with Crippen LogP contribution in [0.5, 0.6) is 0 Å². The van der Waals surface area contributed by atoms with Gasteiger partial charge in [-0.1, -0.05) is 89.9 Å². The van der Waals surface area contributed by atoms with Crippen LogP contribution in [0, 0.1) is 0 Å². The summed E-state index contributed by atoms with van der Waals surface area (Å²) in [5.41, 5.74) is 2.00. The van der Waals surface area contributed by atoms with E-state index in [-0.39, 0.29) is 22.3 Å². The van der Waals surface area contributed by atoms with Gasteiger partial charge in [-0.3, -0.25) is 14.4 Å². The van der Waals surface area contributed by atoms with E-state index in [1.807, 2.05) is 24.3 Å². The van der Waals surface area contributed by atoms with Gasteiger partial charge in [0.15, 0.2) is 5.78 Å². The quantitative estimate of drug-likeness (QED) is 0.127. The molecule has 0 saturated carbocycles. The Labute approximate surface area is 234 Å². The molecule has 0 aliphatic rings. The normalized spacial score (nSPS) is 11.1. The van der Waals surface area contributed by atoms with Crippen molar-refractivity contribution in [1.29, 1.82) is 0 Å². The number of ketones is 1. The van der Waals surface area contributed by atoms with E-state index in [1.165, 1.54) is 17.8 Å². The Balaban J connectivity index is 1.52. The van der Waals surface area contributed by atoms with Crippen molar-refractivity contribution in [3.63, 3.8) is 0 Å². The maximum absolute atomic E-state index is 13.3. The van der Waals surface area contributed by atoms with Gasteiger partial charge >= 0.3 is 0 Å². The zero-order chi connectivity index (χ0) is 26.9. The minimum absolute atomic E-state index is 0.0114. The standard InChI is InChI=1S/C30H22Cl2N2O3S/c31-25-16-7-13-22(28(25)32)17-26(34-29(36)21-11-5-2-6-12-21)30(37)33-23-14-8-15-24(18-23)38-19-27(35)20-9-3-1-4-10-20/h1-18H,19H2,(H,33,37)(H,34,36)/b26-17-. The number of hydrogen-bond donors (Lipinski definition) is 2. The second-order valence-corrected chi connectivity index (χ2v) is 9.91. The van der Waals surface area contributed by atoms with Crippen LogP contribution in [0.2, 0.25) is 10.0 Å². The topological polar surface area (TPSA) is 75.3 Å². The van der Waals surface area contributed by atoms with E-state index >= 15 is 0 Å². The number of thioether (sulfide) groups is 1. The lowest BCUT2D eigenvalue weighted by Crippen LogP contribution is -2.30. The number of Topliss-reactive ketones (excluding diaryl/α,β-unsaturated/α-hetero) is 1. The number of halogens is 2. The summed E-state index contributed by atoms with van der Waals surface area (Å²) in [6.45, 7) is 0. The van der Waals surface area contributed by atoms with Crippen molar-refractivity contribution in [2.24, 2.45) is 0 Å². The number of nitrogens with one attached hydrogen (secondary N) is 2. The molecule has 0 radical (unpaired) electrons. The average Bonchev–Trinajstić information content (AvgIpc) is 2.94. The van der Waals surface area contributed by atoms with Crippen LogP contribution in [-0.2, 0) is 4.79 Å². The van der Waals surface area contributed by atoms with Gasteiger partial charge in [-0.05, 0) is 48.0 Å². The smallest absolute Gasteiger partial charge is 0.272 e. The summed E-state index contributed by atoms with van der Waals surface area (Å²) < 4.78 is 0. The molecule has 0 unspecified atom stereocenters. The molecule has 0 heterocycles. The monoisotopic (exact) mass is 560 g/mol. The number of hydrogen-bond acceptors (Lipinski definition) is 4. The van der Waals surface area contributed by atoms with Crippen molar-refractivity contribution in [2.45, 2.75) is 4.90 Å². The van der Waals surface area contributed by atoms with Crippen molar-refractivity contribution in [1.82, 2.24) is 5.32 Å². The van der Waals surface area contributed by atoms with Crippen molar-refractivity contribution in [2.75, 3.05) is 11.1 Å². The Morgan fingerprint density at radius 3 is 2.13 bits per heavy atom. The lowest BCUT2D eigenvalue weighted by molar-refractivity contribution is -0.113. The minimum atomic E-state index is -0.548. The summed E-state index contributed by atoms with van der Waals surface area (Å²) in [7, 11) is 0. The van der Waals surface area contributed by atoms with E-state index in [1.54, 1.807) is 78.9 Å². The summed E-state index contributed by atoms with van der Waals surface area (Å²) in [5.74, 6) is -0.730. The second kappa shape index (κ2) is 13.1. The molecule has 0 fully saturated rings. The fraction of sp³-hybridized carbons (Fsp3) is 0.0333. The van der Waals surface area contributed by atoms with Gasteiger partial charge in [0.1, 0.15) is 5.70 Å². The Kier molecular flexibility index (Phi) is 9.38.